The number of nitrogens with one attached hydrogen (secondary N) is 1. The lowest BCUT2D eigenvalue weighted by Gasteiger charge is -2.06. The van der Waals surface area contributed by atoms with E-state index in [2.05, 4.69) is 30.5 Å². The van der Waals surface area contributed by atoms with Gasteiger partial charge in [0, 0.05) is 43.8 Å². The van der Waals surface area contributed by atoms with Gasteiger partial charge in [-0.15, -0.1) is 5.10 Å². The van der Waals surface area contributed by atoms with E-state index in [0.29, 0.717) is 23.0 Å². The van der Waals surface area contributed by atoms with Crippen molar-refractivity contribution >= 4 is 17.4 Å². The van der Waals surface area contributed by atoms with E-state index in [0.717, 1.165) is 11.3 Å². The third kappa shape index (κ3) is 3.39. The predicted molar refractivity (Wildman–Crippen MR) is 112 cm³/mol. The molecule has 0 saturated heterocycles. The molecule has 4 heterocycles. The van der Waals surface area contributed by atoms with Crippen molar-refractivity contribution in [2.75, 3.05) is 5.32 Å². The van der Waals surface area contributed by atoms with E-state index >= 15 is 0 Å². The number of aromatic nitrogens is 7. The van der Waals surface area contributed by atoms with Gasteiger partial charge in [0.1, 0.15) is 5.82 Å². The summed E-state index contributed by atoms with van der Waals surface area (Å²) in [6, 6.07) is 6.00. The molecule has 0 aliphatic carbocycles. The van der Waals surface area contributed by atoms with E-state index in [-0.39, 0.29) is 17.1 Å². The molecular formula is C21H17FN8O2. The molecule has 0 atom stereocenters. The van der Waals surface area contributed by atoms with Gasteiger partial charge in [-0.25, -0.2) is 18.9 Å². The standard InChI is InChI=1S/C21H17FN8O2/c1-11-18(32-12(2)25-11)20(31)26-14-4-5-16(22)15(8-14)19-27-21-23-9-13(10-30(21)28-19)17-6-7-24-29(17)3/h4-10H,1-3H3,(H,26,31). The number of benzene rings is 1. The van der Waals surface area contributed by atoms with Gasteiger partial charge in [0.05, 0.1) is 17.0 Å². The molecule has 0 spiro atoms. The Kier molecular flexibility index (Phi) is 4.51. The minimum atomic E-state index is -0.530. The maximum absolute atomic E-state index is 14.6. The second-order valence-corrected chi connectivity index (χ2v) is 7.16. The molecule has 0 unspecified atom stereocenters. The quantitative estimate of drug-likeness (QED) is 0.464. The highest BCUT2D eigenvalue weighted by Crippen LogP contribution is 2.25. The number of carbonyl (C=O) groups excluding carboxylic acids is 1. The molecule has 4 aromatic heterocycles. The maximum Gasteiger partial charge on any atom is 0.293 e. The number of rotatable bonds is 4. The molecule has 0 radical (unpaired) electrons. The molecular weight excluding hydrogens is 415 g/mol. The predicted octanol–water partition coefficient (Wildman–Crippen LogP) is 3.19. The van der Waals surface area contributed by atoms with Crippen molar-refractivity contribution in [1.29, 1.82) is 0 Å². The Morgan fingerprint density at radius 2 is 2.03 bits per heavy atom. The SMILES string of the molecule is Cc1nc(C)c(C(=O)Nc2ccc(F)c(-c3nc4ncc(-c5ccnn5C)cn4n3)c2)o1. The number of hydrogen-bond acceptors (Lipinski definition) is 7. The summed E-state index contributed by atoms with van der Waals surface area (Å²) in [5.41, 5.74) is 2.60. The lowest BCUT2D eigenvalue weighted by molar-refractivity contribution is 0.0994. The van der Waals surface area contributed by atoms with Crippen LogP contribution in [0.15, 0.2) is 47.3 Å². The summed E-state index contributed by atoms with van der Waals surface area (Å²) in [6.07, 6.45) is 5.08. The highest BCUT2D eigenvalue weighted by molar-refractivity contribution is 6.03. The van der Waals surface area contributed by atoms with Gasteiger partial charge in [-0.1, -0.05) is 0 Å². The number of fused-ring (bicyclic) bond motifs is 1. The lowest BCUT2D eigenvalue weighted by atomic mass is 10.1. The van der Waals surface area contributed by atoms with Crippen LogP contribution in [0.2, 0.25) is 0 Å². The van der Waals surface area contributed by atoms with Gasteiger partial charge in [0.15, 0.2) is 11.7 Å². The van der Waals surface area contributed by atoms with Crippen LogP contribution in [0.5, 0.6) is 0 Å². The largest absolute Gasteiger partial charge is 0.436 e. The Labute approximate surface area is 180 Å². The molecule has 1 amide bonds. The molecule has 0 aliphatic rings. The summed E-state index contributed by atoms with van der Waals surface area (Å²) >= 11 is 0. The fourth-order valence-electron chi connectivity index (χ4n) is 3.39. The molecule has 1 aromatic carbocycles. The Bertz CT molecular complexity index is 1480. The fraction of sp³-hybridized carbons (Fsp3) is 0.143. The van der Waals surface area contributed by atoms with Gasteiger partial charge < -0.3 is 9.73 Å². The van der Waals surface area contributed by atoms with Crippen molar-refractivity contribution in [2.24, 2.45) is 7.05 Å². The summed E-state index contributed by atoms with van der Waals surface area (Å²) in [5, 5.41) is 11.2. The van der Waals surface area contributed by atoms with Crippen molar-refractivity contribution in [2.45, 2.75) is 13.8 Å². The van der Waals surface area contributed by atoms with Crippen LogP contribution in [0.3, 0.4) is 0 Å². The Balaban J connectivity index is 1.48. The van der Waals surface area contributed by atoms with E-state index in [1.807, 2.05) is 13.1 Å². The van der Waals surface area contributed by atoms with Crippen LogP contribution in [0.25, 0.3) is 28.4 Å². The fourth-order valence-corrected chi connectivity index (χ4v) is 3.39. The zero-order valence-corrected chi connectivity index (χ0v) is 17.4. The van der Waals surface area contributed by atoms with E-state index in [4.69, 9.17) is 4.42 Å². The number of aryl methyl sites for hydroxylation is 3. The minimum absolute atomic E-state index is 0.103. The highest BCUT2D eigenvalue weighted by atomic mass is 19.1. The number of hydrogen-bond donors (Lipinski definition) is 1. The van der Waals surface area contributed by atoms with Crippen LogP contribution in [0, 0.1) is 19.7 Å². The zero-order valence-electron chi connectivity index (χ0n) is 17.4. The molecule has 0 bridgehead atoms. The second-order valence-electron chi connectivity index (χ2n) is 7.16. The van der Waals surface area contributed by atoms with Crippen molar-refractivity contribution in [3.8, 4) is 22.6 Å². The second kappa shape index (κ2) is 7.38. The number of halogens is 1. The van der Waals surface area contributed by atoms with Crippen LogP contribution in [0.1, 0.15) is 22.1 Å². The van der Waals surface area contributed by atoms with Gasteiger partial charge in [0.25, 0.3) is 11.7 Å². The van der Waals surface area contributed by atoms with Crippen LogP contribution in [-0.2, 0) is 7.05 Å². The summed E-state index contributed by atoms with van der Waals surface area (Å²) < 4.78 is 23.1. The monoisotopic (exact) mass is 432 g/mol. The smallest absolute Gasteiger partial charge is 0.293 e. The van der Waals surface area contributed by atoms with Gasteiger partial charge in [-0.05, 0) is 31.2 Å². The molecule has 32 heavy (non-hydrogen) atoms. The molecule has 0 aliphatic heterocycles. The van der Waals surface area contributed by atoms with Crippen molar-refractivity contribution in [3.63, 3.8) is 0 Å². The number of amides is 1. The normalized spacial score (nSPS) is 11.2. The molecule has 11 heteroatoms. The molecule has 5 rings (SSSR count). The van der Waals surface area contributed by atoms with Crippen LogP contribution in [0.4, 0.5) is 10.1 Å². The van der Waals surface area contributed by atoms with Gasteiger partial charge in [0.2, 0.25) is 5.76 Å². The van der Waals surface area contributed by atoms with Crippen molar-refractivity contribution < 1.29 is 13.6 Å². The Hall–Kier alpha value is -4.41. The molecule has 10 nitrogen and oxygen atoms in total. The summed E-state index contributed by atoms with van der Waals surface area (Å²) in [6.45, 7) is 3.33. The number of carbonyl (C=O) groups is 1. The number of oxazole rings is 1. The lowest BCUT2D eigenvalue weighted by Crippen LogP contribution is -2.12. The maximum atomic E-state index is 14.6. The first-order chi connectivity index (χ1) is 15.4. The summed E-state index contributed by atoms with van der Waals surface area (Å²) in [4.78, 5) is 25.2. The van der Waals surface area contributed by atoms with Gasteiger partial charge in [-0.3, -0.25) is 9.48 Å². The number of nitrogens with zero attached hydrogens (tertiary/aromatic N) is 7. The van der Waals surface area contributed by atoms with E-state index < -0.39 is 11.7 Å². The number of anilines is 1. The minimum Gasteiger partial charge on any atom is -0.436 e. The third-order valence-corrected chi connectivity index (χ3v) is 4.89. The average molecular weight is 432 g/mol. The van der Waals surface area contributed by atoms with Crippen molar-refractivity contribution in [1.82, 2.24) is 34.3 Å². The third-order valence-electron chi connectivity index (χ3n) is 4.89. The van der Waals surface area contributed by atoms with Gasteiger partial charge in [-0.2, -0.15) is 10.1 Å². The molecule has 5 aromatic rings. The van der Waals surface area contributed by atoms with Crippen LogP contribution in [-0.4, -0.2) is 40.3 Å². The van der Waals surface area contributed by atoms with Crippen LogP contribution >= 0.6 is 0 Å². The Morgan fingerprint density at radius 3 is 2.75 bits per heavy atom. The van der Waals surface area contributed by atoms with E-state index in [1.165, 1.54) is 22.7 Å². The van der Waals surface area contributed by atoms with E-state index in [1.54, 1.807) is 37.1 Å². The molecule has 160 valence electrons. The molecule has 0 saturated carbocycles. The summed E-state index contributed by atoms with van der Waals surface area (Å²) in [5.74, 6) is -0.0681. The first kappa shape index (κ1) is 19.5. The highest BCUT2D eigenvalue weighted by Gasteiger charge is 2.18. The first-order valence-corrected chi connectivity index (χ1v) is 9.65. The Morgan fingerprint density at radius 1 is 1.19 bits per heavy atom. The van der Waals surface area contributed by atoms with Gasteiger partial charge >= 0.3 is 0 Å². The van der Waals surface area contributed by atoms with Crippen LogP contribution < -0.4 is 5.32 Å². The summed E-state index contributed by atoms with van der Waals surface area (Å²) in [7, 11) is 1.82. The zero-order chi connectivity index (χ0) is 22.4. The van der Waals surface area contributed by atoms with Crippen molar-refractivity contribution in [3.05, 3.63) is 66.0 Å². The topological polar surface area (TPSA) is 116 Å². The van der Waals surface area contributed by atoms with E-state index in [9.17, 15) is 9.18 Å². The molecule has 0 fully saturated rings. The average Bonchev–Trinajstić information content (AvgIpc) is 3.46. The first-order valence-electron chi connectivity index (χ1n) is 9.65. The molecule has 1 N–H and O–H groups in total.